The van der Waals surface area contributed by atoms with Gasteiger partial charge in [-0.2, -0.15) is 5.26 Å². The highest BCUT2D eigenvalue weighted by Gasteiger charge is 2.30. The molecule has 2 aromatic heterocycles. The predicted molar refractivity (Wildman–Crippen MR) is 235 cm³/mol. The van der Waals surface area contributed by atoms with E-state index >= 15 is 17.6 Å². The largest absolute Gasteiger partial charge is 0.308 e. The van der Waals surface area contributed by atoms with Crippen molar-refractivity contribution in [1.29, 1.82) is 5.26 Å². The van der Waals surface area contributed by atoms with Crippen LogP contribution in [0.2, 0.25) is 0 Å². The van der Waals surface area contributed by atoms with Gasteiger partial charge in [0.25, 0.3) is 0 Å². The Hall–Kier alpha value is -7.50. The van der Waals surface area contributed by atoms with E-state index in [1.54, 1.807) is 0 Å². The number of benzene rings is 8. The van der Waals surface area contributed by atoms with Gasteiger partial charge in [-0.15, -0.1) is 0 Å². The van der Waals surface area contributed by atoms with Gasteiger partial charge in [0.1, 0.15) is 11.6 Å². The summed E-state index contributed by atoms with van der Waals surface area (Å²) < 4.78 is 80.2. The number of aromatic nitrogens is 2. The van der Waals surface area contributed by atoms with Gasteiger partial charge in [0, 0.05) is 21.5 Å². The second-order valence-electron chi connectivity index (χ2n) is 15.8. The normalized spacial score (nSPS) is 11.7. The molecule has 0 atom stereocenters. The molecule has 0 aliphatic heterocycles. The summed E-state index contributed by atoms with van der Waals surface area (Å²) in [5.41, 5.74) is 10.3. The van der Waals surface area contributed by atoms with Gasteiger partial charge in [0.2, 0.25) is 5.82 Å². The predicted octanol–water partition coefficient (Wildman–Crippen LogP) is 14.7. The molecule has 0 amide bonds. The van der Waals surface area contributed by atoms with Crippen molar-refractivity contribution in [3.8, 4) is 50.8 Å². The molecule has 3 nitrogen and oxygen atoms in total. The molecule has 0 radical (unpaired) electrons. The van der Waals surface area contributed by atoms with Crippen molar-refractivity contribution in [2.45, 2.75) is 27.7 Å². The molecule has 0 bridgehead atoms. The van der Waals surface area contributed by atoms with E-state index in [0.717, 1.165) is 66.1 Å². The Bertz CT molecular complexity index is 3330. The lowest BCUT2D eigenvalue weighted by molar-refractivity contribution is 0.381. The van der Waals surface area contributed by atoms with Crippen LogP contribution in [0.4, 0.5) is 22.0 Å². The average Bonchev–Trinajstić information content (AvgIpc) is 3.77. The molecule has 8 heteroatoms. The Morgan fingerprint density at radius 1 is 0.410 bits per heavy atom. The molecule has 0 unspecified atom stereocenters. The van der Waals surface area contributed by atoms with Crippen molar-refractivity contribution in [2.75, 3.05) is 0 Å². The molecule has 0 fully saturated rings. The monoisotopic (exact) mass is 807 g/mol. The van der Waals surface area contributed by atoms with Gasteiger partial charge in [-0.1, -0.05) is 96.1 Å². The molecule has 2 heterocycles. The van der Waals surface area contributed by atoms with Gasteiger partial charge in [0.05, 0.1) is 39.0 Å². The minimum absolute atomic E-state index is 0.120. The van der Waals surface area contributed by atoms with Crippen LogP contribution < -0.4 is 0 Å². The van der Waals surface area contributed by atoms with Gasteiger partial charge in [-0.25, -0.2) is 22.0 Å². The van der Waals surface area contributed by atoms with E-state index in [-0.39, 0.29) is 22.5 Å². The van der Waals surface area contributed by atoms with Gasteiger partial charge in [0.15, 0.2) is 23.3 Å². The maximum absolute atomic E-state index is 16.0. The fraction of sp³-hybridized carbons (Fsp3) is 0.0755. The van der Waals surface area contributed by atoms with Crippen LogP contribution in [0.25, 0.3) is 88.4 Å². The molecule has 0 N–H and O–H groups in total. The van der Waals surface area contributed by atoms with Gasteiger partial charge >= 0.3 is 0 Å². The molecular formula is C53H34F5N3. The van der Waals surface area contributed by atoms with Crippen molar-refractivity contribution < 1.29 is 22.0 Å². The smallest absolute Gasteiger partial charge is 0.200 e. The number of para-hydroxylation sites is 2. The second kappa shape index (κ2) is 14.1. The van der Waals surface area contributed by atoms with E-state index in [4.69, 9.17) is 0 Å². The summed E-state index contributed by atoms with van der Waals surface area (Å²) in [5, 5.41) is 14.6. The average molecular weight is 808 g/mol. The zero-order chi connectivity index (χ0) is 42.4. The first kappa shape index (κ1) is 37.7. The maximum Gasteiger partial charge on any atom is 0.200 e. The summed E-state index contributed by atoms with van der Waals surface area (Å²) in [5.74, 6) is -10.3. The van der Waals surface area contributed by atoms with Crippen molar-refractivity contribution in [1.82, 2.24) is 9.13 Å². The molecule has 61 heavy (non-hydrogen) atoms. The molecule has 10 rings (SSSR count). The third kappa shape index (κ3) is 5.76. The summed E-state index contributed by atoms with van der Waals surface area (Å²) in [7, 11) is 0. The van der Waals surface area contributed by atoms with Crippen LogP contribution in [-0.2, 0) is 0 Å². The fourth-order valence-corrected chi connectivity index (χ4v) is 9.16. The molecule has 296 valence electrons. The number of hydrogen-bond acceptors (Lipinski definition) is 1. The van der Waals surface area contributed by atoms with Gasteiger partial charge < -0.3 is 9.13 Å². The van der Waals surface area contributed by atoms with E-state index < -0.39 is 34.6 Å². The van der Waals surface area contributed by atoms with Crippen LogP contribution in [0.5, 0.6) is 0 Å². The molecule has 8 aromatic carbocycles. The minimum Gasteiger partial charge on any atom is -0.308 e. The third-order valence-corrected chi connectivity index (χ3v) is 11.9. The third-order valence-electron chi connectivity index (χ3n) is 11.9. The SMILES string of the molecule is Cc1ccc(-c2ccc3c(c2)c2ccccc2n3-c2cc(-c3c(F)c(F)c(F)c(F)c3F)cc(-n3c4ccccc4c4cc(-c5ccc(C)cc5C)ccc43)c2C#N)c(C)c1. The first-order valence-corrected chi connectivity index (χ1v) is 19.8. The zero-order valence-electron chi connectivity index (χ0n) is 33.4. The topological polar surface area (TPSA) is 33.6 Å². The Labute approximate surface area is 347 Å². The standard InChI is InChI=1S/C53H34F5N3/c1-28-13-17-35(30(3)21-28)32-15-19-44-39(23-32)37-9-5-7-11-42(37)60(44)46-25-34(48-49(54)51(56)53(58)52(57)50(48)55)26-47(41(46)27-59)61-43-12-8-6-10-38(43)40-24-33(16-20-45(40)61)36-18-14-29(2)22-31(36)4/h5-26H,1-4H3. The van der Waals surface area contributed by atoms with Crippen LogP contribution in [0.3, 0.4) is 0 Å². The maximum atomic E-state index is 16.0. The number of fused-ring (bicyclic) bond motifs is 6. The van der Waals surface area contributed by atoms with E-state index in [9.17, 15) is 9.65 Å². The Morgan fingerprint density at radius 3 is 1.25 bits per heavy atom. The first-order valence-electron chi connectivity index (χ1n) is 19.8. The van der Waals surface area contributed by atoms with E-state index in [1.165, 1.54) is 12.1 Å². The summed E-state index contributed by atoms with van der Waals surface area (Å²) in [6, 6.07) is 44.8. The first-order chi connectivity index (χ1) is 29.4. The molecule has 0 saturated heterocycles. The summed E-state index contributed by atoms with van der Waals surface area (Å²) in [4.78, 5) is 0. The minimum atomic E-state index is -2.25. The lowest BCUT2D eigenvalue weighted by Gasteiger charge is -2.19. The Kier molecular flexibility index (Phi) is 8.70. The lowest BCUT2D eigenvalue weighted by Crippen LogP contribution is -2.08. The Balaban J connectivity index is 1.33. The van der Waals surface area contributed by atoms with Crippen LogP contribution in [0.1, 0.15) is 27.8 Å². The Morgan fingerprint density at radius 2 is 0.820 bits per heavy atom. The zero-order valence-corrected chi connectivity index (χ0v) is 33.4. The number of rotatable bonds is 5. The van der Waals surface area contributed by atoms with Crippen LogP contribution >= 0.6 is 0 Å². The number of nitrogens with zero attached hydrogens (tertiary/aromatic N) is 3. The highest BCUT2D eigenvalue weighted by molar-refractivity contribution is 6.12. The van der Waals surface area contributed by atoms with Crippen molar-refractivity contribution in [3.63, 3.8) is 0 Å². The molecule has 10 aromatic rings. The van der Waals surface area contributed by atoms with Crippen LogP contribution in [0, 0.1) is 68.1 Å². The number of nitriles is 1. The highest BCUT2D eigenvalue weighted by atomic mass is 19.2. The van der Waals surface area contributed by atoms with Crippen LogP contribution in [0.15, 0.2) is 133 Å². The molecular weight excluding hydrogens is 774 g/mol. The molecule has 0 aliphatic rings. The molecule has 0 saturated carbocycles. The number of aryl methyl sites for hydroxylation is 4. The summed E-state index contributed by atoms with van der Waals surface area (Å²) >= 11 is 0. The summed E-state index contributed by atoms with van der Waals surface area (Å²) in [6.45, 7) is 8.19. The van der Waals surface area contributed by atoms with Gasteiger partial charge in [-0.05, 0) is 115 Å². The number of halogens is 5. The van der Waals surface area contributed by atoms with E-state index in [0.29, 0.717) is 22.1 Å². The van der Waals surface area contributed by atoms with Crippen molar-refractivity contribution in [3.05, 3.63) is 190 Å². The second-order valence-corrected chi connectivity index (χ2v) is 15.8. The van der Waals surface area contributed by atoms with Crippen molar-refractivity contribution >= 4 is 43.6 Å². The van der Waals surface area contributed by atoms with E-state index in [2.05, 4.69) is 68.4 Å². The molecule has 0 aliphatic carbocycles. The quantitative estimate of drug-likeness (QED) is 0.0969. The fourth-order valence-electron chi connectivity index (χ4n) is 9.16. The number of hydrogen-bond donors (Lipinski definition) is 0. The van der Waals surface area contributed by atoms with Crippen molar-refractivity contribution in [2.24, 2.45) is 0 Å². The summed E-state index contributed by atoms with van der Waals surface area (Å²) in [6.07, 6.45) is 0. The van der Waals surface area contributed by atoms with Crippen LogP contribution in [-0.4, -0.2) is 9.13 Å². The highest BCUT2D eigenvalue weighted by Crippen LogP contribution is 2.43. The molecule has 0 spiro atoms. The van der Waals surface area contributed by atoms with Gasteiger partial charge in [-0.3, -0.25) is 0 Å². The lowest BCUT2D eigenvalue weighted by atomic mass is 9.97. The van der Waals surface area contributed by atoms with E-state index in [1.807, 2.05) is 95.8 Å².